The molecule has 2 aromatic rings. The van der Waals surface area contributed by atoms with Crippen molar-refractivity contribution >= 4 is 29.4 Å². The first-order chi connectivity index (χ1) is 17.4. The molecule has 0 fully saturated rings. The predicted molar refractivity (Wildman–Crippen MR) is 134 cm³/mol. The Hall–Kier alpha value is -4.36. The van der Waals surface area contributed by atoms with E-state index >= 15 is 0 Å². The molecule has 1 atom stereocenters. The monoisotopic (exact) mass is 491 g/mol. The zero-order chi connectivity index (χ0) is 26.1. The van der Waals surface area contributed by atoms with E-state index in [2.05, 4.69) is 16.0 Å². The quantitative estimate of drug-likeness (QED) is 0.357. The molecule has 1 aliphatic heterocycles. The molecule has 1 heterocycles. The van der Waals surface area contributed by atoms with Crippen LogP contribution in [-0.2, 0) is 14.3 Å². The molecular formula is C26H29N5O5. The van der Waals surface area contributed by atoms with Crippen LogP contribution in [0.15, 0.2) is 59.8 Å². The van der Waals surface area contributed by atoms with Crippen molar-refractivity contribution in [2.24, 2.45) is 0 Å². The summed E-state index contributed by atoms with van der Waals surface area (Å²) in [6.45, 7) is 4.50. The third kappa shape index (κ3) is 6.40. The lowest BCUT2D eigenvalue weighted by Crippen LogP contribution is -2.48. The smallest absolute Gasteiger partial charge is 0.338 e. The van der Waals surface area contributed by atoms with E-state index in [9.17, 15) is 14.4 Å². The van der Waals surface area contributed by atoms with Crippen molar-refractivity contribution in [3.05, 3.63) is 70.9 Å². The summed E-state index contributed by atoms with van der Waals surface area (Å²) in [4.78, 5) is 39.6. The standard InChI is InChI=1S/C26H29N5O5/c1-4-12-31-17(2)22(24(32)36-14-13-35-3)23(30-26(31)34)19-8-10-20(11-9-19)28-25(33)29-21-7-5-6-18(15-21)16-27/h5-11,15,23H,4,12-14H2,1-3H3,(H,30,34)(H2,28,29,33). The number of nitrogens with zero attached hydrogens (tertiary/aromatic N) is 2. The Morgan fingerprint density at radius 1 is 1.11 bits per heavy atom. The summed E-state index contributed by atoms with van der Waals surface area (Å²) in [7, 11) is 1.52. The lowest BCUT2D eigenvalue weighted by Gasteiger charge is -2.35. The SMILES string of the molecule is CCCN1C(=O)NC(c2ccc(NC(=O)Nc3cccc(C#N)c3)cc2)C(C(=O)OCCOC)=C1C. The number of rotatable bonds is 9. The summed E-state index contributed by atoms with van der Waals surface area (Å²) in [5, 5.41) is 17.3. The van der Waals surface area contributed by atoms with Crippen molar-refractivity contribution in [1.29, 1.82) is 5.26 Å². The number of carbonyl (C=O) groups excluding carboxylic acids is 3. The summed E-state index contributed by atoms with van der Waals surface area (Å²) in [6.07, 6.45) is 0.727. The Labute approximate surface area is 209 Å². The third-order valence-electron chi connectivity index (χ3n) is 5.54. The molecule has 36 heavy (non-hydrogen) atoms. The maximum Gasteiger partial charge on any atom is 0.338 e. The van der Waals surface area contributed by atoms with E-state index in [4.69, 9.17) is 14.7 Å². The second-order valence-corrected chi connectivity index (χ2v) is 8.06. The van der Waals surface area contributed by atoms with Crippen molar-refractivity contribution in [2.75, 3.05) is 37.5 Å². The number of benzene rings is 2. The maximum atomic E-state index is 13.0. The minimum absolute atomic E-state index is 0.0931. The Morgan fingerprint density at radius 3 is 2.50 bits per heavy atom. The van der Waals surface area contributed by atoms with E-state index in [0.717, 1.165) is 6.42 Å². The summed E-state index contributed by atoms with van der Waals surface area (Å²) in [5.74, 6) is -0.531. The molecular weight excluding hydrogens is 462 g/mol. The van der Waals surface area contributed by atoms with Crippen LogP contribution >= 0.6 is 0 Å². The summed E-state index contributed by atoms with van der Waals surface area (Å²) >= 11 is 0. The number of nitriles is 1. The molecule has 0 saturated heterocycles. The van der Waals surface area contributed by atoms with Gasteiger partial charge in [-0.15, -0.1) is 0 Å². The fraction of sp³-hybridized carbons (Fsp3) is 0.308. The number of hydrogen-bond acceptors (Lipinski definition) is 6. The summed E-state index contributed by atoms with van der Waals surface area (Å²) in [5.41, 5.74) is 2.97. The number of allylic oxidation sites excluding steroid dienone is 1. The van der Waals surface area contributed by atoms with E-state index in [-0.39, 0.29) is 19.2 Å². The lowest BCUT2D eigenvalue weighted by atomic mass is 9.94. The van der Waals surface area contributed by atoms with Crippen LogP contribution in [0, 0.1) is 11.3 Å². The minimum atomic E-state index is -0.711. The molecule has 188 valence electrons. The second-order valence-electron chi connectivity index (χ2n) is 8.06. The normalized spacial score (nSPS) is 15.1. The highest BCUT2D eigenvalue weighted by Crippen LogP contribution is 2.32. The van der Waals surface area contributed by atoms with Gasteiger partial charge in [0.15, 0.2) is 0 Å². The number of anilines is 2. The van der Waals surface area contributed by atoms with Crippen molar-refractivity contribution in [1.82, 2.24) is 10.2 Å². The molecule has 10 nitrogen and oxygen atoms in total. The molecule has 1 unspecified atom stereocenters. The average Bonchev–Trinajstić information content (AvgIpc) is 2.86. The number of carbonyl (C=O) groups is 3. The Bertz CT molecular complexity index is 1190. The molecule has 3 N–H and O–H groups in total. The van der Waals surface area contributed by atoms with E-state index < -0.39 is 18.0 Å². The highest BCUT2D eigenvalue weighted by molar-refractivity contribution is 6.00. The second kappa shape index (κ2) is 12.4. The molecule has 4 amide bonds. The lowest BCUT2D eigenvalue weighted by molar-refractivity contribution is -0.140. The molecule has 10 heteroatoms. The molecule has 0 aliphatic carbocycles. The number of esters is 1. The van der Waals surface area contributed by atoms with Gasteiger partial charge >= 0.3 is 18.0 Å². The molecule has 0 spiro atoms. The van der Waals surface area contributed by atoms with Gasteiger partial charge in [0.2, 0.25) is 0 Å². The van der Waals surface area contributed by atoms with Crippen molar-refractivity contribution < 1.29 is 23.9 Å². The van der Waals surface area contributed by atoms with Crippen LogP contribution in [-0.4, -0.2) is 49.8 Å². The molecule has 2 aromatic carbocycles. The van der Waals surface area contributed by atoms with Gasteiger partial charge in [-0.3, -0.25) is 4.90 Å². The number of urea groups is 2. The van der Waals surface area contributed by atoms with Crippen LogP contribution in [0.3, 0.4) is 0 Å². The number of hydrogen-bond donors (Lipinski definition) is 3. The first kappa shape index (κ1) is 26.2. The number of methoxy groups -OCH3 is 1. The van der Waals surface area contributed by atoms with E-state index in [1.165, 1.54) is 12.0 Å². The molecule has 0 radical (unpaired) electrons. The largest absolute Gasteiger partial charge is 0.460 e. The van der Waals surface area contributed by atoms with Gasteiger partial charge in [-0.2, -0.15) is 5.26 Å². The average molecular weight is 492 g/mol. The highest BCUT2D eigenvalue weighted by Gasteiger charge is 2.36. The van der Waals surface area contributed by atoms with Gasteiger partial charge in [0.1, 0.15) is 6.61 Å². The van der Waals surface area contributed by atoms with Crippen LogP contribution in [0.4, 0.5) is 21.0 Å². The summed E-state index contributed by atoms with van der Waals surface area (Å²) in [6, 6.07) is 13.9. The minimum Gasteiger partial charge on any atom is -0.460 e. The first-order valence-corrected chi connectivity index (χ1v) is 11.5. The zero-order valence-corrected chi connectivity index (χ0v) is 20.5. The van der Waals surface area contributed by atoms with E-state index in [1.807, 2.05) is 13.0 Å². The zero-order valence-electron chi connectivity index (χ0n) is 20.5. The van der Waals surface area contributed by atoms with Gasteiger partial charge in [0, 0.05) is 30.7 Å². The van der Waals surface area contributed by atoms with Crippen molar-refractivity contribution in [2.45, 2.75) is 26.3 Å². The summed E-state index contributed by atoms with van der Waals surface area (Å²) < 4.78 is 10.3. The van der Waals surface area contributed by atoms with Crippen molar-refractivity contribution in [3.63, 3.8) is 0 Å². The fourth-order valence-corrected chi connectivity index (χ4v) is 3.80. The Balaban J connectivity index is 1.78. The van der Waals surface area contributed by atoms with Crippen LogP contribution in [0.5, 0.6) is 0 Å². The third-order valence-corrected chi connectivity index (χ3v) is 5.54. The fourth-order valence-electron chi connectivity index (χ4n) is 3.80. The number of nitrogens with one attached hydrogen (secondary N) is 3. The molecule has 1 aliphatic rings. The van der Waals surface area contributed by atoms with Gasteiger partial charge in [-0.1, -0.05) is 25.1 Å². The van der Waals surface area contributed by atoms with E-state index in [1.54, 1.807) is 55.5 Å². The Morgan fingerprint density at radius 2 is 1.83 bits per heavy atom. The van der Waals surface area contributed by atoms with Gasteiger partial charge in [0.25, 0.3) is 0 Å². The van der Waals surface area contributed by atoms with Gasteiger partial charge < -0.3 is 25.4 Å². The van der Waals surface area contributed by atoms with Crippen LogP contribution < -0.4 is 16.0 Å². The predicted octanol–water partition coefficient (Wildman–Crippen LogP) is 4.14. The maximum absolute atomic E-state index is 13.0. The van der Waals surface area contributed by atoms with Gasteiger partial charge in [0.05, 0.1) is 29.9 Å². The molecule has 0 saturated carbocycles. The van der Waals surface area contributed by atoms with Crippen molar-refractivity contribution in [3.8, 4) is 6.07 Å². The number of amides is 4. The van der Waals surface area contributed by atoms with Crippen LogP contribution in [0.2, 0.25) is 0 Å². The highest BCUT2D eigenvalue weighted by atomic mass is 16.6. The first-order valence-electron chi connectivity index (χ1n) is 11.5. The van der Waals surface area contributed by atoms with Gasteiger partial charge in [-0.05, 0) is 49.2 Å². The van der Waals surface area contributed by atoms with E-state index in [0.29, 0.717) is 40.3 Å². The number of ether oxygens (including phenoxy) is 2. The molecule has 0 aromatic heterocycles. The topological polar surface area (TPSA) is 133 Å². The van der Waals surface area contributed by atoms with Crippen LogP contribution in [0.25, 0.3) is 0 Å². The molecule has 0 bridgehead atoms. The van der Waals surface area contributed by atoms with Gasteiger partial charge in [-0.25, -0.2) is 14.4 Å². The van der Waals surface area contributed by atoms with Crippen LogP contribution in [0.1, 0.15) is 37.4 Å². The molecule has 3 rings (SSSR count). The Kier molecular flexibility index (Phi) is 9.02.